The van der Waals surface area contributed by atoms with E-state index < -0.39 is 0 Å². The van der Waals surface area contributed by atoms with Crippen molar-refractivity contribution in [2.24, 2.45) is 7.05 Å². The molecule has 1 heterocycles. The van der Waals surface area contributed by atoms with Crippen LogP contribution in [0.2, 0.25) is 0 Å². The highest BCUT2D eigenvalue weighted by Crippen LogP contribution is 2.18. The number of aromatic nitrogens is 3. The third-order valence-corrected chi connectivity index (χ3v) is 5.14. The van der Waals surface area contributed by atoms with Crippen molar-refractivity contribution in [3.8, 4) is 0 Å². The van der Waals surface area contributed by atoms with Crippen molar-refractivity contribution in [3.63, 3.8) is 0 Å². The van der Waals surface area contributed by atoms with E-state index in [4.69, 9.17) is 0 Å². The molecule has 28 heavy (non-hydrogen) atoms. The van der Waals surface area contributed by atoms with Gasteiger partial charge in [-0.1, -0.05) is 42.1 Å². The van der Waals surface area contributed by atoms with Gasteiger partial charge in [0.2, 0.25) is 5.91 Å². The molecule has 0 bridgehead atoms. The smallest absolute Gasteiger partial charge is 0.251 e. The molecule has 8 heteroatoms. The molecular weight excluding hydrogens is 374 g/mol. The first-order valence-corrected chi connectivity index (χ1v) is 9.72. The van der Waals surface area contributed by atoms with Crippen molar-refractivity contribution in [1.82, 2.24) is 20.1 Å². The van der Waals surface area contributed by atoms with Gasteiger partial charge in [0.15, 0.2) is 5.16 Å². The van der Waals surface area contributed by atoms with E-state index in [2.05, 4.69) is 20.8 Å². The molecule has 0 unspecified atom stereocenters. The monoisotopic (exact) mass is 395 g/mol. The fourth-order valence-corrected chi connectivity index (χ4v) is 3.31. The lowest BCUT2D eigenvalue weighted by Crippen LogP contribution is -2.18. The Labute approximate surface area is 167 Å². The van der Waals surface area contributed by atoms with Crippen LogP contribution in [-0.4, -0.2) is 39.4 Å². The summed E-state index contributed by atoms with van der Waals surface area (Å²) in [6, 6.07) is 16.8. The molecule has 2 amide bonds. The number of hydrogen-bond donors (Lipinski definition) is 2. The van der Waals surface area contributed by atoms with Gasteiger partial charge in [-0.2, -0.15) is 0 Å². The minimum absolute atomic E-state index is 0.148. The van der Waals surface area contributed by atoms with Crippen molar-refractivity contribution in [2.75, 3.05) is 18.1 Å². The third-order valence-electron chi connectivity index (χ3n) is 4.12. The Hall–Kier alpha value is -3.13. The predicted molar refractivity (Wildman–Crippen MR) is 109 cm³/mol. The Morgan fingerprint density at radius 2 is 1.75 bits per heavy atom. The largest absolute Gasteiger partial charge is 0.355 e. The summed E-state index contributed by atoms with van der Waals surface area (Å²) in [5.41, 5.74) is 2.34. The first-order chi connectivity index (χ1) is 13.6. The van der Waals surface area contributed by atoms with Gasteiger partial charge < -0.3 is 15.2 Å². The highest BCUT2D eigenvalue weighted by Gasteiger charge is 2.12. The topological polar surface area (TPSA) is 88.9 Å². The maximum atomic E-state index is 12.2. The van der Waals surface area contributed by atoms with Gasteiger partial charge in [-0.3, -0.25) is 9.59 Å². The molecule has 0 saturated heterocycles. The lowest BCUT2D eigenvalue weighted by molar-refractivity contribution is -0.113. The van der Waals surface area contributed by atoms with Gasteiger partial charge >= 0.3 is 0 Å². The Bertz CT molecular complexity index is 954. The number of carbonyl (C=O) groups excluding carboxylic acids is 2. The van der Waals surface area contributed by atoms with Crippen molar-refractivity contribution in [3.05, 3.63) is 71.5 Å². The quantitative estimate of drug-likeness (QED) is 0.600. The normalized spacial score (nSPS) is 10.5. The van der Waals surface area contributed by atoms with Crippen LogP contribution in [0.1, 0.15) is 21.7 Å². The number of nitrogens with one attached hydrogen (secondary N) is 2. The summed E-state index contributed by atoms with van der Waals surface area (Å²) in [4.78, 5) is 23.7. The average molecular weight is 395 g/mol. The summed E-state index contributed by atoms with van der Waals surface area (Å²) in [6.07, 6.45) is 0.689. The molecule has 0 aliphatic rings. The minimum Gasteiger partial charge on any atom is -0.355 e. The second-order valence-electron chi connectivity index (χ2n) is 6.11. The van der Waals surface area contributed by atoms with Crippen LogP contribution >= 0.6 is 11.8 Å². The van der Waals surface area contributed by atoms with Gasteiger partial charge in [0.05, 0.1) is 5.75 Å². The van der Waals surface area contributed by atoms with Gasteiger partial charge in [-0.25, -0.2) is 0 Å². The molecule has 0 radical (unpaired) electrons. The zero-order chi connectivity index (χ0) is 19.9. The summed E-state index contributed by atoms with van der Waals surface area (Å²) in [5.74, 6) is 0.750. The summed E-state index contributed by atoms with van der Waals surface area (Å²) in [5, 5.41) is 14.5. The van der Waals surface area contributed by atoms with Crippen LogP contribution in [0.4, 0.5) is 5.69 Å². The molecule has 7 nitrogen and oxygen atoms in total. The zero-order valence-corrected chi connectivity index (χ0v) is 16.5. The molecule has 0 aliphatic heterocycles. The Morgan fingerprint density at radius 1 is 1.04 bits per heavy atom. The van der Waals surface area contributed by atoms with Crippen molar-refractivity contribution >= 4 is 29.3 Å². The van der Waals surface area contributed by atoms with Crippen molar-refractivity contribution in [1.29, 1.82) is 0 Å². The molecule has 1 aromatic heterocycles. The summed E-state index contributed by atoms with van der Waals surface area (Å²) in [6.45, 7) is 0. The van der Waals surface area contributed by atoms with Crippen LogP contribution in [0.15, 0.2) is 59.8 Å². The SMILES string of the molecule is CNC(=O)c1ccc(NC(=O)CSc2nnc(Cc3ccccc3)n2C)cc1. The van der Waals surface area contributed by atoms with E-state index in [1.165, 1.54) is 11.8 Å². The highest BCUT2D eigenvalue weighted by atomic mass is 32.2. The molecule has 144 valence electrons. The summed E-state index contributed by atoms with van der Waals surface area (Å²) < 4.78 is 1.91. The lowest BCUT2D eigenvalue weighted by atomic mass is 10.1. The van der Waals surface area contributed by atoms with Gasteiger partial charge in [-0.05, 0) is 29.8 Å². The van der Waals surface area contributed by atoms with Crippen LogP contribution in [0.3, 0.4) is 0 Å². The van der Waals surface area contributed by atoms with Crippen LogP contribution in [-0.2, 0) is 18.3 Å². The van der Waals surface area contributed by atoms with Crippen LogP contribution in [0.25, 0.3) is 0 Å². The van der Waals surface area contributed by atoms with Crippen LogP contribution < -0.4 is 10.6 Å². The van der Waals surface area contributed by atoms with E-state index in [-0.39, 0.29) is 17.6 Å². The van der Waals surface area contributed by atoms with E-state index in [1.807, 2.05) is 41.9 Å². The zero-order valence-electron chi connectivity index (χ0n) is 15.7. The Kier molecular flexibility index (Phi) is 6.44. The van der Waals surface area contributed by atoms with E-state index in [9.17, 15) is 9.59 Å². The van der Waals surface area contributed by atoms with E-state index in [1.54, 1.807) is 31.3 Å². The van der Waals surface area contributed by atoms with Gasteiger partial charge in [0, 0.05) is 31.8 Å². The molecule has 0 saturated carbocycles. The molecule has 0 fully saturated rings. The molecular formula is C20H21N5O2S. The fraction of sp³-hybridized carbons (Fsp3) is 0.200. The average Bonchev–Trinajstić information content (AvgIpc) is 3.06. The van der Waals surface area contributed by atoms with Gasteiger partial charge in [0.1, 0.15) is 5.82 Å². The van der Waals surface area contributed by atoms with E-state index >= 15 is 0 Å². The van der Waals surface area contributed by atoms with Crippen LogP contribution in [0.5, 0.6) is 0 Å². The first-order valence-electron chi connectivity index (χ1n) is 8.74. The Balaban J connectivity index is 1.54. The standard InChI is InChI=1S/C20H21N5O2S/c1-21-19(27)15-8-10-16(11-9-15)22-18(26)13-28-20-24-23-17(25(20)2)12-14-6-4-3-5-7-14/h3-11H,12-13H2,1-2H3,(H,21,27)(H,22,26). The fourth-order valence-electron chi connectivity index (χ4n) is 2.58. The first kappa shape index (κ1) is 19.6. The van der Waals surface area contributed by atoms with Gasteiger partial charge in [0.25, 0.3) is 5.91 Å². The molecule has 3 aromatic rings. The maximum Gasteiger partial charge on any atom is 0.251 e. The summed E-state index contributed by atoms with van der Waals surface area (Å²) >= 11 is 1.33. The van der Waals surface area contributed by atoms with Crippen molar-refractivity contribution < 1.29 is 9.59 Å². The predicted octanol–water partition coefficient (Wildman–Crippen LogP) is 2.50. The maximum absolute atomic E-state index is 12.2. The third kappa shape index (κ3) is 4.98. The van der Waals surface area contributed by atoms with E-state index in [0.717, 1.165) is 11.4 Å². The number of carbonyl (C=O) groups is 2. The number of rotatable bonds is 7. The molecule has 0 atom stereocenters. The molecule has 0 spiro atoms. The number of amides is 2. The number of anilines is 1. The summed E-state index contributed by atoms with van der Waals surface area (Å²) in [7, 11) is 3.48. The number of hydrogen-bond acceptors (Lipinski definition) is 5. The highest BCUT2D eigenvalue weighted by molar-refractivity contribution is 7.99. The minimum atomic E-state index is -0.165. The second-order valence-corrected chi connectivity index (χ2v) is 7.06. The van der Waals surface area contributed by atoms with Crippen molar-refractivity contribution in [2.45, 2.75) is 11.6 Å². The second kappa shape index (κ2) is 9.18. The molecule has 2 N–H and O–H groups in total. The Morgan fingerprint density at radius 3 is 2.43 bits per heavy atom. The molecule has 3 rings (SSSR count). The molecule has 2 aromatic carbocycles. The lowest BCUT2D eigenvalue weighted by Gasteiger charge is -2.07. The number of thioether (sulfide) groups is 1. The van der Waals surface area contributed by atoms with Crippen LogP contribution in [0, 0.1) is 0 Å². The molecule has 0 aliphatic carbocycles. The number of nitrogens with zero attached hydrogens (tertiary/aromatic N) is 3. The van der Waals surface area contributed by atoms with Gasteiger partial charge in [-0.15, -0.1) is 10.2 Å². The number of benzene rings is 2. The van der Waals surface area contributed by atoms with E-state index in [0.29, 0.717) is 22.8 Å².